The second-order valence-electron chi connectivity index (χ2n) is 7.49. The van der Waals surface area contributed by atoms with Gasteiger partial charge in [-0.05, 0) is 41.3 Å². The molecule has 0 unspecified atom stereocenters. The number of benzene rings is 2. The number of halogens is 3. The number of anilines is 1. The smallest absolute Gasteiger partial charge is 0.378 e. The van der Waals surface area contributed by atoms with E-state index in [4.69, 9.17) is 4.74 Å². The van der Waals surface area contributed by atoms with Gasteiger partial charge in [-0.25, -0.2) is 0 Å². The lowest BCUT2D eigenvalue weighted by Gasteiger charge is -2.29. The van der Waals surface area contributed by atoms with Crippen molar-refractivity contribution in [2.75, 3.05) is 31.2 Å². The average Bonchev–Trinajstić information content (AvgIpc) is 3.35. The molecule has 1 fully saturated rings. The molecule has 4 rings (SSSR count). The number of nitrogens with one attached hydrogen (secondary N) is 1. The Morgan fingerprint density at radius 1 is 1.09 bits per heavy atom. The summed E-state index contributed by atoms with van der Waals surface area (Å²) in [5.41, 5.74) is 0.275. The second-order valence-corrected chi connectivity index (χ2v) is 9.53. The highest BCUT2D eigenvalue weighted by Crippen LogP contribution is 2.35. The van der Waals surface area contributed by atoms with Gasteiger partial charge in [0.2, 0.25) is 0 Å². The summed E-state index contributed by atoms with van der Waals surface area (Å²) < 4.78 is 46.6. The molecule has 2 aromatic carbocycles. The van der Waals surface area contributed by atoms with Crippen molar-refractivity contribution < 1.29 is 22.7 Å². The first-order valence-electron chi connectivity index (χ1n) is 10.5. The zero-order valence-corrected chi connectivity index (χ0v) is 19.4. The van der Waals surface area contributed by atoms with Gasteiger partial charge in [-0.15, -0.1) is 23.1 Å². The number of rotatable bonds is 7. The highest BCUT2D eigenvalue weighted by molar-refractivity contribution is 7.98. The quantitative estimate of drug-likeness (QED) is 0.422. The Labute approximate surface area is 198 Å². The number of hydrogen-bond acceptors (Lipinski definition) is 5. The molecule has 0 atom stereocenters. The van der Waals surface area contributed by atoms with Crippen LogP contribution in [0.1, 0.15) is 26.4 Å². The van der Waals surface area contributed by atoms with Crippen molar-refractivity contribution in [2.24, 2.45) is 0 Å². The van der Waals surface area contributed by atoms with Crippen LogP contribution in [0.25, 0.3) is 0 Å². The second kappa shape index (κ2) is 10.6. The molecule has 1 aliphatic heterocycles. The fourth-order valence-electron chi connectivity index (χ4n) is 3.60. The number of amides is 1. The van der Waals surface area contributed by atoms with Crippen molar-refractivity contribution in [3.05, 3.63) is 81.5 Å². The van der Waals surface area contributed by atoms with Crippen molar-refractivity contribution in [3.63, 3.8) is 0 Å². The summed E-state index contributed by atoms with van der Waals surface area (Å²) in [6, 6.07) is 15.4. The van der Waals surface area contributed by atoms with Crippen LogP contribution in [-0.4, -0.2) is 32.2 Å². The van der Waals surface area contributed by atoms with Crippen LogP contribution in [0.5, 0.6) is 0 Å². The molecule has 4 nitrogen and oxygen atoms in total. The summed E-state index contributed by atoms with van der Waals surface area (Å²) in [5.74, 6) is 0.332. The van der Waals surface area contributed by atoms with Crippen LogP contribution < -0.4 is 10.2 Å². The van der Waals surface area contributed by atoms with Gasteiger partial charge >= 0.3 is 6.18 Å². The molecule has 33 heavy (non-hydrogen) atoms. The van der Waals surface area contributed by atoms with Crippen molar-refractivity contribution in [1.29, 1.82) is 0 Å². The molecule has 0 bridgehead atoms. The highest BCUT2D eigenvalue weighted by atomic mass is 32.2. The van der Waals surface area contributed by atoms with Crippen LogP contribution in [0.4, 0.5) is 18.9 Å². The first-order valence-corrected chi connectivity index (χ1v) is 12.3. The van der Waals surface area contributed by atoms with E-state index in [0.717, 1.165) is 16.7 Å². The van der Waals surface area contributed by atoms with E-state index in [1.165, 1.54) is 22.7 Å². The lowest BCUT2D eigenvalue weighted by atomic mass is 10.0. The third kappa shape index (κ3) is 6.10. The van der Waals surface area contributed by atoms with Crippen molar-refractivity contribution in [3.8, 4) is 0 Å². The normalized spacial score (nSPS) is 14.3. The molecule has 174 valence electrons. The number of thiophene rings is 1. The fourth-order valence-corrected chi connectivity index (χ4v) is 5.42. The molecule has 0 spiro atoms. The zero-order chi connectivity index (χ0) is 23.3. The molecule has 1 aliphatic rings. The van der Waals surface area contributed by atoms with Crippen molar-refractivity contribution >= 4 is 34.7 Å². The van der Waals surface area contributed by atoms with Gasteiger partial charge in [0.25, 0.3) is 5.91 Å². The molecule has 9 heteroatoms. The number of ether oxygens (including phenoxy) is 1. The van der Waals surface area contributed by atoms with E-state index in [-0.39, 0.29) is 12.1 Å². The number of morpholine rings is 1. The SMILES string of the molecule is O=C(NCc1ccc(N2CCOCC2)cc1C(F)(F)F)c1ccccc1SCc1cccs1. The van der Waals surface area contributed by atoms with Gasteiger partial charge in [-0.2, -0.15) is 13.2 Å². The van der Waals surface area contributed by atoms with Gasteiger partial charge in [0.15, 0.2) is 0 Å². The summed E-state index contributed by atoms with van der Waals surface area (Å²) in [6.45, 7) is 1.87. The molecule has 1 saturated heterocycles. The van der Waals surface area contributed by atoms with Crippen LogP contribution in [0.2, 0.25) is 0 Å². The van der Waals surface area contributed by atoms with Crippen molar-refractivity contribution in [2.45, 2.75) is 23.4 Å². The third-order valence-electron chi connectivity index (χ3n) is 5.30. The fraction of sp³-hybridized carbons (Fsp3) is 0.292. The van der Waals surface area contributed by atoms with Crippen LogP contribution in [0.15, 0.2) is 64.9 Å². The van der Waals surface area contributed by atoms with Gasteiger partial charge in [0.05, 0.1) is 24.3 Å². The first-order chi connectivity index (χ1) is 15.9. The van der Waals surface area contributed by atoms with Crippen LogP contribution in [0.3, 0.4) is 0 Å². The lowest BCUT2D eigenvalue weighted by molar-refractivity contribution is -0.138. The largest absolute Gasteiger partial charge is 0.416 e. The molecule has 3 aromatic rings. The van der Waals surface area contributed by atoms with Crippen LogP contribution >= 0.6 is 23.1 Å². The molecular formula is C24H23F3N2O2S2. The van der Waals surface area contributed by atoms with E-state index in [1.54, 1.807) is 29.5 Å². The summed E-state index contributed by atoms with van der Waals surface area (Å²) >= 11 is 3.17. The molecule has 0 saturated carbocycles. The van der Waals surface area contributed by atoms with E-state index in [0.29, 0.717) is 37.6 Å². The Kier molecular flexibility index (Phi) is 7.62. The zero-order valence-electron chi connectivity index (χ0n) is 17.7. The van der Waals surface area contributed by atoms with E-state index >= 15 is 0 Å². The topological polar surface area (TPSA) is 41.6 Å². The van der Waals surface area contributed by atoms with Crippen LogP contribution in [0, 0.1) is 0 Å². The molecule has 2 heterocycles. The molecule has 1 N–H and O–H groups in total. The highest BCUT2D eigenvalue weighted by Gasteiger charge is 2.34. The maximum atomic E-state index is 13.8. The average molecular weight is 493 g/mol. The number of carbonyl (C=O) groups is 1. The van der Waals surface area contributed by atoms with E-state index in [2.05, 4.69) is 5.32 Å². The monoisotopic (exact) mass is 492 g/mol. The lowest BCUT2D eigenvalue weighted by Crippen LogP contribution is -2.36. The molecule has 0 radical (unpaired) electrons. The maximum Gasteiger partial charge on any atom is 0.416 e. The van der Waals surface area contributed by atoms with Crippen LogP contribution in [-0.2, 0) is 23.2 Å². The third-order valence-corrected chi connectivity index (χ3v) is 7.48. The Hall–Kier alpha value is -2.49. The maximum absolute atomic E-state index is 13.8. The predicted molar refractivity (Wildman–Crippen MR) is 126 cm³/mol. The van der Waals surface area contributed by atoms with E-state index < -0.39 is 17.6 Å². The van der Waals surface area contributed by atoms with Crippen molar-refractivity contribution in [1.82, 2.24) is 5.32 Å². The minimum absolute atomic E-state index is 0.0385. The van der Waals surface area contributed by atoms with Gasteiger partial charge in [0, 0.05) is 40.8 Å². The summed E-state index contributed by atoms with van der Waals surface area (Å²) in [4.78, 5) is 16.7. The van der Waals surface area contributed by atoms with Gasteiger partial charge < -0.3 is 15.0 Å². The molecule has 0 aliphatic carbocycles. The minimum atomic E-state index is -4.52. The summed E-state index contributed by atoms with van der Waals surface area (Å²) in [5, 5.41) is 4.67. The molecule has 1 aromatic heterocycles. The number of nitrogens with zero attached hydrogens (tertiary/aromatic N) is 1. The Morgan fingerprint density at radius 3 is 2.61 bits per heavy atom. The minimum Gasteiger partial charge on any atom is -0.378 e. The Balaban J connectivity index is 1.48. The van der Waals surface area contributed by atoms with Gasteiger partial charge in [-0.1, -0.05) is 24.3 Å². The Bertz CT molecular complexity index is 1080. The predicted octanol–water partition coefficient (Wildman–Crippen LogP) is 5.83. The number of carbonyl (C=O) groups excluding carboxylic acids is 1. The number of alkyl halides is 3. The number of hydrogen-bond donors (Lipinski definition) is 1. The Morgan fingerprint density at radius 2 is 1.88 bits per heavy atom. The molecular weight excluding hydrogens is 469 g/mol. The molecule has 1 amide bonds. The summed E-state index contributed by atoms with van der Waals surface area (Å²) in [7, 11) is 0. The van der Waals surface area contributed by atoms with E-state index in [9.17, 15) is 18.0 Å². The van der Waals surface area contributed by atoms with Gasteiger partial charge in [-0.3, -0.25) is 4.79 Å². The first kappa shape index (κ1) is 23.7. The number of thioether (sulfide) groups is 1. The van der Waals surface area contributed by atoms with Gasteiger partial charge in [0.1, 0.15) is 0 Å². The summed E-state index contributed by atoms with van der Waals surface area (Å²) in [6.07, 6.45) is -4.52. The van der Waals surface area contributed by atoms with E-state index in [1.807, 2.05) is 34.5 Å². The standard InChI is InChI=1S/C24H23F3N2O2S2/c25-24(26,27)21-14-18(29-9-11-31-12-10-29)8-7-17(21)15-28-23(30)20-5-1-2-6-22(20)33-16-19-4-3-13-32-19/h1-8,13-14H,9-12,15-16H2,(H,28,30).